The minimum absolute atomic E-state index is 0.999. The van der Waals surface area contributed by atoms with E-state index in [0.29, 0.717) is 0 Å². The van der Waals surface area contributed by atoms with Gasteiger partial charge in [-0.05, 0) is 42.2 Å². The minimum atomic E-state index is 0.999. The van der Waals surface area contributed by atoms with Gasteiger partial charge < -0.3 is 9.80 Å². The molecule has 0 saturated heterocycles. The quantitative estimate of drug-likeness (QED) is 0.865. The molecule has 0 aliphatic rings. The van der Waals surface area contributed by atoms with Crippen molar-refractivity contribution in [3.8, 4) is 0 Å². The van der Waals surface area contributed by atoms with Crippen LogP contribution in [0, 0.1) is 0 Å². The Morgan fingerprint density at radius 1 is 1.11 bits per heavy atom. The van der Waals surface area contributed by atoms with Crippen molar-refractivity contribution in [3.63, 3.8) is 0 Å². The molecule has 0 N–H and O–H groups in total. The molecule has 0 atom stereocenters. The third-order valence-corrected chi connectivity index (χ3v) is 3.63. The lowest BCUT2D eigenvalue weighted by atomic mass is 10.2. The Bertz CT molecular complexity index is 540. The van der Waals surface area contributed by atoms with Crippen molar-refractivity contribution in [2.75, 3.05) is 39.1 Å². The van der Waals surface area contributed by atoms with Crippen molar-refractivity contribution in [2.45, 2.75) is 0 Å². The predicted molar refractivity (Wildman–Crippen MR) is 81.3 cm³/mol. The first kappa shape index (κ1) is 13.3. The summed E-state index contributed by atoms with van der Waals surface area (Å²) < 4.78 is 1.04. The molecule has 0 bridgehead atoms. The van der Waals surface area contributed by atoms with E-state index in [-0.39, 0.29) is 0 Å². The van der Waals surface area contributed by atoms with Crippen LogP contribution < -0.4 is 4.90 Å². The van der Waals surface area contributed by atoms with Crippen LogP contribution in [0.1, 0.15) is 0 Å². The van der Waals surface area contributed by atoms with E-state index in [0.717, 1.165) is 23.1 Å². The summed E-state index contributed by atoms with van der Waals surface area (Å²) in [4.78, 5) is 8.90. The number of aromatic nitrogens is 1. The molecule has 96 valence electrons. The van der Waals surface area contributed by atoms with Crippen molar-refractivity contribution in [1.29, 1.82) is 0 Å². The number of hydrogen-bond donors (Lipinski definition) is 0. The topological polar surface area (TPSA) is 19.4 Å². The monoisotopic (exact) mass is 307 g/mol. The van der Waals surface area contributed by atoms with Gasteiger partial charge >= 0.3 is 0 Å². The molecule has 0 amide bonds. The molecule has 1 aromatic carbocycles. The fourth-order valence-corrected chi connectivity index (χ4v) is 2.40. The van der Waals surface area contributed by atoms with Gasteiger partial charge in [0.15, 0.2) is 0 Å². The smallest absolute Gasteiger partial charge is 0.0864 e. The third kappa shape index (κ3) is 2.82. The lowest BCUT2D eigenvalue weighted by Gasteiger charge is -2.23. The second kappa shape index (κ2) is 5.67. The Hall–Kier alpha value is -1.13. The second-order valence-electron chi connectivity index (χ2n) is 4.69. The molecule has 0 spiro atoms. The summed E-state index contributed by atoms with van der Waals surface area (Å²) in [6, 6.07) is 8.27. The Labute approximate surface area is 117 Å². The molecule has 2 rings (SSSR count). The summed E-state index contributed by atoms with van der Waals surface area (Å²) in [5, 5.41) is 1.19. The number of pyridine rings is 1. The minimum Gasteiger partial charge on any atom is -0.373 e. The van der Waals surface area contributed by atoms with Gasteiger partial charge in [-0.1, -0.05) is 12.1 Å². The molecule has 18 heavy (non-hydrogen) atoms. The molecule has 0 radical (unpaired) electrons. The Morgan fingerprint density at radius 3 is 2.61 bits per heavy atom. The predicted octanol–water partition coefficient (Wildman–Crippen LogP) is 3.00. The first-order valence-electron chi connectivity index (χ1n) is 5.98. The highest BCUT2D eigenvalue weighted by atomic mass is 79.9. The van der Waals surface area contributed by atoms with Crippen LogP contribution in [0.4, 0.5) is 5.69 Å². The van der Waals surface area contributed by atoms with E-state index in [2.05, 4.69) is 70.1 Å². The summed E-state index contributed by atoms with van der Waals surface area (Å²) >= 11 is 3.55. The number of para-hydroxylation sites is 1. The van der Waals surface area contributed by atoms with E-state index >= 15 is 0 Å². The number of fused-ring (bicyclic) bond motifs is 1. The lowest BCUT2D eigenvalue weighted by molar-refractivity contribution is 0.416. The average molecular weight is 308 g/mol. The maximum atomic E-state index is 4.44. The van der Waals surface area contributed by atoms with Crippen molar-refractivity contribution < 1.29 is 0 Å². The zero-order valence-electron chi connectivity index (χ0n) is 11.0. The van der Waals surface area contributed by atoms with Crippen molar-refractivity contribution in [1.82, 2.24) is 9.88 Å². The third-order valence-electron chi connectivity index (χ3n) is 2.99. The molecule has 1 aromatic heterocycles. The van der Waals surface area contributed by atoms with Gasteiger partial charge in [0.25, 0.3) is 0 Å². The van der Waals surface area contributed by atoms with Gasteiger partial charge in [-0.25, -0.2) is 0 Å². The van der Waals surface area contributed by atoms with Crippen molar-refractivity contribution in [2.24, 2.45) is 0 Å². The van der Waals surface area contributed by atoms with Crippen LogP contribution in [0.5, 0.6) is 0 Å². The normalized spacial score (nSPS) is 11.2. The average Bonchev–Trinajstić information content (AvgIpc) is 2.36. The maximum Gasteiger partial charge on any atom is 0.0864 e. The van der Waals surface area contributed by atoms with Gasteiger partial charge in [-0.3, -0.25) is 4.98 Å². The van der Waals surface area contributed by atoms with E-state index in [9.17, 15) is 0 Å². The first-order chi connectivity index (χ1) is 8.59. The number of nitrogens with zero attached hydrogens (tertiary/aromatic N) is 3. The highest BCUT2D eigenvalue weighted by molar-refractivity contribution is 9.10. The lowest BCUT2D eigenvalue weighted by Crippen LogP contribution is -2.28. The number of benzene rings is 1. The van der Waals surface area contributed by atoms with E-state index in [4.69, 9.17) is 0 Å². The molecular formula is C14H18BrN3. The summed E-state index contributed by atoms with van der Waals surface area (Å²) in [6.07, 6.45) is 1.87. The van der Waals surface area contributed by atoms with Gasteiger partial charge in [-0.2, -0.15) is 0 Å². The van der Waals surface area contributed by atoms with Crippen molar-refractivity contribution >= 4 is 32.5 Å². The highest BCUT2D eigenvalue weighted by Crippen LogP contribution is 2.28. The SMILES string of the molecule is CN(C)CCN(C)c1ccnc2c(Br)cccc12. The van der Waals surface area contributed by atoms with Crippen LogP contribution in [0.25, 0.3) is 10.9 Å². The molecule has 0 unspecified atom stereocenters. The fourth-order valence-electron chi connectivity index (χ4n) is 1.93. The summed E-state index contributed by atoms with van der Waals surface area (Å²) in [5.74, 6) is 0. The zero-order chi connectivity index (χ0) is 13.1. The fraction of sp³-hybridized carbons (Fsp3) is 0.357. The van der Waals surface area contributed by atoms with Gasteiger partial charge in [0.05, 0.1) is 5.52 Å². The molecule has 0 fully saturated rings. The van der Waals surface area contributed by atoms with Crippen LogP contribution in [0.3, 0.4) is 0 Å². The number of hydrogen-bond acceptors (Lipinski definition) is 3. The molecule has 4 heteroatoms. The van der Waals surface area contributed by atoms with Crippen molar-refractivity contribution in [3.05, 3.63) is 34.9 Å². The maximum absolute atomic E-state index is 4.44. The number of anilines is 1. The number of halogens is 1. The molecular weight excluding hydrogens is 290 g/mol. The molecule has 0 saturated carbocycles. The van der Waals surface area contributed by atoms with Crippen LogP contribution in [-0.2, 0) is 0 Å². The molecule has 1 heterocycles. The number of rotatable bonds is 4. The first-order valence-corrected chi connectivity index (χ1v) is 6.78. The second-order valence-corrected chi connectivity index (χ2v) is 5.55. The Kier molecular flexibility index (Phi) is 4.19. The molecule has 3 nitrogen and oxygen atoms in total. The Morgan fingerprint density at radius 2 is 1.89 bits per heavy atom. The number of likely N-dealkylation sites (N-methyl/N-ethyl adjacent to an activating group) is 2. The molecule has 0 aliphatic heterocycles. The van der Waals surface area contributed by atoms with Crippen LogP contribution in [-0.4, -0.2) is 44.1 Å². The molecule has 0 aliphatic carbocycles. The summed E-state index contributed by atoms with van der Waals surface area (Å²) in [6.45, 7) is 2.03. The largest absolute Gasteiger partial charge is 0.373 e. The van der Waals surface area contributed by atoms with Crippen LogP contribution >= 0.6 is 15.9 Å². The van der Waals surface area contributed by atoms with Gasteiger partial charge in [0.1, 0.15) is 0 Å². The zero-order valence-corrected chi connectivity index (χ0v) is 12.6. The highest BCUT2D eigenvalue weighted by Gasteiger charge is 2.08. The Balaban J connectivity index is 2.36. The standard InChI is InChI=1S/C14H18BrN3/c1-17(2)9-10-18(3)13-7-8-16-14-11(13)5-4-6-12(14)15/h4-8H,9-10H2,1-3H3. The van der Waals surface area contributed by atoms with Gasteiger partial charge in [0.2, 0.25) is 0 Å². The summed E-state index contributed by atoms with van der Waals surface area (Å²) in [7, 11) is 6.31. The van der Waals surface area contributed by atoms with Gasteiger partial charge in [0, 0.05) is 41.9 Å². The molecule has 2 aromatic rings. The van der Waals surface area contributed by atoms with Crippen LogP contribution in [0.2, 0.25) is 0 Å². The van der Waals surface area contributed by atoms with E-state index < -0.39 is 0 Å². The van der Waals surface area contributed by atoms with E-state index in [1.165, 1.54) is 11.1 Å². The summed E-state index contributed by atoms with van der Waals surface area (Å²) in [5.41, 5.74) is 2.25. The van der Waals surface area contributed by atoms with E-state index in [1.807, 2.05) is 12.3 Å². The van der Waals surface area contributed by atoms with E-state index in [1.54, 1.807) is 0 Å². The van der Waals surface area contributed by atoms with Gasteiger partial charge in [-0.15, -0.1) is 0 Å². The van der Waals surface area contributed by atoms with Crippen LogP contribution in [0.15, 0.2) is 34.9 Å².